The quantitative estimate of drug-likeness (QED) is 0.753. The Labute approximate surface area is 139 Å². The largest absolute Gasteiger partial charge is 0.493 e. The van der Waals surface area contributed by atoms with Crippen molar-refractivity contribution in [3.8, 4) is 11.5 Å². The van der Waals surface area contributed by atoms with E-state index in [0.29, 0.717) is 22.7 Å². The number of anilines is 1. The number of carbonyl (C=O) groups is 2. The van der Waals surface area contributed by atoms with Gasteiger partial charge in [0.25, 0.3) is 5.91 Å². The Morgan fingerprint density at radius 3 is 2.25 bits per heavy atom. The summed E-state index contributed by atoms with van der Waals surface area (Å²) in [5, 5.41) is 5.17. The number of carbonyl (C=O) groups excluding carboxylic acids is 2. The van der Waals surface area contributed by atoms with Crippen LogP contribution >= 0.6 is 0 Å². The van der Waals surface area contributed by atoms with Crippen LogP contribution in [-0.2, 0) is 4.79 Å². The van der Waals surface area contributed by atoms with Crippen molar-refractivity contribution in [1.29, 1.82) is 0 Å². The molecule has 2 aromatic carbocycles. The van der Waals surface area contributed by atoms with E-state index in [1.54, 1.807) is 42.5 Å². The minimum absolute atomic E-state index is 0.518. The van der Waals surface area contributed by atoms with E-state index < -0.39 is 18.0 Å². The molecule has 0 aliphatic heterocycles. The van der Waals surface area contributed by atoms with Gasteiger partial charge in [0.15, 0.2) is 11.5 Å². The summed E-state index contributed by atoms with van der Waals surface area (Å²) in [7, 11) is 3.06. The van der Waals surface area contributed by atoms with Crippen LogP contribution in [0.5, 0.6) is 11.5 Å². The van der Waals surface area contributed by atoms with Crippen molar-refractivity contribution in [1.82, 2.24) is 5.32 Å². The highest BCUT2D eigenvalue weighted by Crippen LogP contribution is 2.31. The third-order valence-electron chi connectivity index (χ3n) is 3.34. The number of primary amides is 1. The topological polar surface area (TPSA) is 103 Å². The zero-order valence-corrected chi connectivity index (χ0v) is 13.4. The third-order valence-corrected chi connectivity index (χ3v) is 3.34. The summed E-state index contributed by atoms with van der Waals surface area (Å²) >= 11 is 0. The normalized spacial score (nSPS) is 11.2. The lowest BCUT2D eigenvalue weighted by Gasteiger charge is -2.20. The molecule has 0 unspecified atom stereocenters. The van der Waals surface area contributed by atoms with Crippen molar-refractivity contribution in [3.63, 3.8) is 0 Å². The minimum atomic E-state index is -0.907. The Balaban J connectivity index is 2.31. The number of ether oxygens (including phenoxy) is 2. The Hall–Kier alpha value is -3.22. The average molecular weight is 329 g/mol. The van der Waals surface area contributed by atoms with Crippen LogP contribution in [0.1, 0.15) is 11.6 Å². The number of hydrogen-bond acceptors (Lipinski definition) is 5. The van der Waals surface area contributed by atoms with Gasteiger partial charge >= 0.3 is 6.03 Å². The molecule has 2 rings (SSSR count). The summed E-state index contributed by atoms with van der Waals surface area (Å²) in [5.41, 5.74) is 6.36. The smallest absolute Gasteiger partial charge is 0.318 e. The van der Waals surface area contributed by atoms with E-state index in [0.717, 1.165) is 0 Å². The summed E-state index contributed by atoms with van der Waals surface area (Å²) in [6.45, 7) is 0. The molecule has 0 saturated carbocycles. The van der Waals surface area contributed by atoms with Gasteiger partial charge in [-0.15, -0.1) is 0 Å². The molecular formula is C17H19N3O4. The molecule has 0 saturated heterocycles. The van der Waals surface area contributed by atoms with Crippen LogP contribution in [0, 0.1) is 0 Å². The van der Waals surface area contributed by atoms with Crippen LogP contribution in [0.25, 0.3) is 0 Å². The summed E-state index contributed by atoms with van der Waals surface area (Å²) in [6.07, 6.45) is 0. The number of amides is 3. The van der Waals surface area contributed by atoms with E-state index >= 15 is 0 Å². The number of rotatable bonds is 6. The molecule has 3 amide bonds. The number of hydrogen-bond donors (Lipinski definition) is 3. The van der Waals surface area contributed by atoms with E-state index in [-0.39, 0.29) is 0 Å². The number of nitrogens with one attached hydrogen (secondary N) is 2. The van der Waals surface area contributed by atoms with Crippen LogP contribution in [-0.4, -0.2) is 26.2 Å². The number of imide groups is 1. The molecule has 2 aromatic rings. The molecule has 7 nitrogen and oxygen atoms in total. The van der Waals surface area contributed by atoms with Gasteiger partial charge in [-0.05, 0) is 17.7 Å². The molecule has 24 heavy (non-hydrogen) atoms. The number of methoxy groups -OCH3 is 2. The highest BCUT2D eigenvalue weighted by atomic mass is 16.5. The summed E-state index contributed by atoms with van der Waals surface area (Å²) in [4.78, 5) is 23.3. The van der Waals surface area contributed by atoms with Crippen molar-refractivity contribution in [2.75, 3.05) is 19.5 Å². The summed E-state index contributed by atoms with van der Waals surface area (Å²) in [6, 6.07) is 12.5. The fourth-order valence-corrected chi connectivity index (χ4v) is 2.23. The van der Waals surface area contributed by atoms with Gasteiger partial charge in [0.1, 0.15) is 6.04 Å². The second-order valence-electron chi connectivity index (χ2n) is 4.91. The van der Waals surface area contributed by atoms with Crippen LogP contribution < -0.4 is 25.8 Å². The maximum Gasteiger partial charge on any atom is 0.318 e. The van der Waals surface area contributed by atoms with Crippen LogP contribution in [0.2, 0.25) is 0 Å². The van der Waals surface area contributed by atoms with Crippen molar-refractivity contribution >= 4 is 17.6 Å². The maximum absolute atomic E-state index is 12.3. The van der Waals surface area contributed by atoms with Crippen molar-refractivity contribution in [3.05, 3.63) is 54.1 Å². The molecule has 0 aliphatic rings. The third kappa shape index (κ3) is 4.16. The van der Waals surface area contributed by atoms with Gasteiger partial charge in [0.2, 0.25) is 0 Å². The van der Waals surface area contributed by atoms with Crippen LogP contribution in [0.15, 0.2) is 48.5 Å². The lowest BCUT2D eigenvalue weighted by Crippen LogP contribution is -2.40. The van der Waals surface area contributed by atoms with Crippen molar-refractivity contribution in [2.24, 2.45) is 5.73 Å². The van der Waals surface area contributed by atoms with Gasteiger partial charge in [-0.2, -0.15) is 0 Å². The van der Waals surface area contributed by atoms with Crippen LogP contribution in [0.3, 0.4) is 0 Å². The number of nitrogens with two attached hydrogens (primary N) is 1. The van der Waals surface area contributed by atoms with Crippen molar-refractivity contribution in [2.45, 2.75) is 6.04 Å². The van der Waals surface area contributed by atoms with E-state index in [2.05, 4.69) is 10.6 Å². The predicted molar refractivity (Wildman–Crippen MR) is 90.1 cm³/mol. The highest BCUT2D eigenvalue weighted by Gasteiger charge is 2.22. The van der Waals surface area contributed by atoms with E-state index in [9.17, 15) is 9.59 Å². The Morgan fingerprint density at radius 2 is 1.67 bits per heavy atom. The molecule has 126 valence electrons. The molecule has 0 aliphatic carbocycles. The van der Waals surface area contributed by atoms with Gasteiger partial charge in [-0.1, -0.05) is 30.3 Å². The zero-order valence-electron chi connectivity index (χ0n) is 13.4. The SMILES string of the molecule is COc1ccc(N[C@H](C(=O)NC(N)=O)c2ccccc2)cc1OC. The molecule has 4 N–H and O–H groups in total. The Bertz CT molecular complexity index is 719. The molecule has 0 aromatic heterocycles. The Kier molecular flexibility index (Phi) is 5.62. The zero-order chi connectivity index (χ0) is 17.5. The summed E-state index contributed by atoms with van der Waals surface area (Å²) in [5.74, 6) is 0.536. The fraction of sp³-hybridized carbons (Fsp3) is 0.176. The minimum Gasteiger partial charge on any atom is -0.493 e. The first-order valence-corrected chi connectivity index (χ1v) is 7.19. The number of urea groups is 1. The molecular weight excluding hydrogens is 310 g/mol. The molecule has 0 heterocycles. The second-order valence-corrected chi connectivity index (χ2v) is 4.91. The van der Waals surface area contributed by atoms with E-state index in [4.69, 9.17) is 15.2 Å². The van der Waals surface area contributed by atoms with Gasteiger partial charge in [0.05, 0.1) is 14.2 Å². The average Bonchev–Trinajstić information content (AvgIpc) is 2.59. The van der Waals surface area contributed by atoms with E-state index in [1.165, 1.54) is 14.2 Å². The lowest BCUT2D eigenvalue weighted by molar-refractivity contribution is -0.120. The van der Waals surface area contributed by atoms with Gasteiger partial charge in [0, 0.05) is 11.8 Å². The van der Waals surface area contributed by atoms with Crippen molar-refractivity contribution < 1.29 is 19.1 Å². The monoisotopic (exact) mass is 329 g/mol. The predicted octanol–water partition coefficient (Wildman–Crippen LogP) is 2.05. The van der Waals surface area contributed by atoms with Gasteiger partial charge in [-0.3, -0.25) is 10.1 Å². The molecule has 0 radical (unpaired) electrons. The summed E-state index contributed by atoms with van der Waals surface area (Å²) < 4.78 is 10.4. The van der Waals surface area contributed by atoms with Gasteiger partial charge < -0.3 is 20.5 Å². The molecule has 1 atom stereocenters. The molecule has 0 fully saturated rings. The first kappa shape index (κ1) is 17.1. The first-order valence-electron chi connectivity index (χ1n) is 7.19. The van der Waals surface area contributed by atoms with E-state index in [1.807, 2.05) is 6.07 Å². The molecule has 7 heteroatoms. The highest BCUT2D eigenvalue weighted by molar-refractivity contribution is 5.98. The first-order chi connectivity index (χ1) is 11.5. The maximum atomic E-state index is 12.3. The number of benzene rings is 2. The lowest BCUT2D eigenvalue weighted by atomic mass is 10.1. The molecule has 0 bridgehead atoms. The standard InChI is InChI=1S/C17H19N3O4/c1-23-13-9-8-12(10-14(13)24-2)19-15(16(21)20-17(18)22)11-6-4-3-5-7-11/h3-10,15,19H,1-2H3,(H3,18,20,21,22)/t15-/m0/s1. The fourth-order valence-electron chi connectivity index (χ4n) is 2.23. The second kappa shape index (κ2) is 7.87. The van der Waals surface area contributed by atoms with Gasteiger partial charge in [-0.25, -0.2) is 4.79 Å². The van der Waals surface area contributed by atoms with Crippen LogP contribution in [0.4, 0.5) is 10.5 Å². The molecule has 0 spiro atoms. The Morgan fingerprint density at radius 1 is 1.00 bits per heavy atom.